The number of phenols is 1. The zero-order valence-corrected chi connectivity index (χ0v) is 11.0. The van der Waals surface area contributed by atoms with Gasteiger partial charge in [0.2, 0.25) is 5.91 Å². The molecule has 1 aromatic carbocycles. The van der Waals surface area contributed by atoms with Gasteiger partial charge in [-0.15, -0.1) is 0 Å². The van der Waals surface area contributed by atoms with Gasteiger partial charge in [-0.05, 0) is 12.5 Å². The Morgan fingerprint density at radius 1 is 1.40 bits per heavy atom. The number of aliphatic carboxylic acids is 1. The Balaban J connectivity index is 1.97. The number of aromatic hydroxyl groups is 1. The Kier molecular flexibility index (Phi) is 4.57. The fraction of sp³-hybridized carbons (Fsp3) is 0.429. The van der Waals surface area contributed by atoms with Crippen LogP contribution in [0.1, 0.15) is 18.4 Å². The van der Waals surface area contributed by atoms with Crippen LogP contribution in [0.4, 0.5) is 0 Å². The topological polar surface area (TPSA) is 87.1 Å². The number of morpholine rings is 1. The van der Waals surface area contributed by atoms with Crippen molar-refractivity contribution in [2.75, 3.05) is 13.2 Å². The minimum Gasteiger partial charge on any atom is -0.508 e. The number of nitrogens with zero attached hydrogens (tertiary/aromatic N) is 1. The van der Waals surface area contributed by atoms with Crippen LogP contribution in [0.2, 0.25) is 0 Å². The molecule has 0 radical (unpaired) electrons. The molecule has 1 amide bonds. The van der Waals surface area contributed by atoms with Gasteiger partial charge < -0.3 is 19.8 Å². The smallest absolute Gasteiger partial charge is 0.303 e. The fourth-order valence-electron chi connectivity index (χ4n) is 2.14. The molecule has 1 fully saturated rings. The predicted octanol–water partition coefficient (Wildman–Crippen LogP) is 0.984. The van der Waals surface area contributed by atoms with Crippen molar-refractivity contribution in [2.45, 2.75) is 25.5 Å². The van der Waals surface area contributed by atoms with E-state index in [-0.39, 0.29) is 30.8 Å². The lowest BCUT2D eigenvalue weighted by atomic mass is 10.1. The van der Waals surface area contributed by atoms with E-state index in [1.807, 2.05) is 0 Å². The second kappa shape index (κ2) is 6.38. The summed E-state index contributed by atoms with van der Waals surface area (Å²) in [4.78, 5) is 23.9. The van der Waals surface area contributed by atoms with Crippen LogP contribution >= 0.6 is 0 Å². The average molecular weight is 279 g/mol. The fourth-order valence-corrected chi connectivity index (χ4v) is 2.14. The highest BCUT2D eigenvalue weighted by atomic mass is 16.5. The van der Waals surface area contributed by atoms with E-state index in [0.717, 1.165) is 0 Å². The third-order valence-corrected chi connectivity index (χ3v) is 3.25. The molecule has 1 aliphatic rings. The molecular formula is C14H17NO5. The van der Waals surface area contributed by atoms with Gasteiger partial charge in [-0.25, -0.2) is 0 Å². The SMILES string of the molecule is O=C(O)CCC1CN(Cc2ccccc2O)C(=O)CO1. The number of hydrogen-bond acceptors (Lipinski definition) is 4. The van der Waals surface area contributed by atoms with Crippen molar-refractivity contribution >= 4 is 11.9 Å². The van der Waals surface area contributed by atoms with E-state index >= 15 is 0 Å². The van der Waals surface area contributed by atoms with Gasteiger partial charge in [0.05, 0.1) is 6.10 Å². The molecule has 1 unspecified atom stereocenters. The molecule has 6 nitrogen and oxygen atoms in total. The molecule has 2 rings (SSSR count). The van der Waals surface area contributed by atoms with Gasteiger partial charge in [0.25, 0.3) is 0 Å². The Labute approximate surface area is 116 Å². The zero-order chi connectivity index (χ0) is 14.5. The van der Waals surface area contributed by atoms with Gasteiger partial charge >= 0.3 is 5.97 Å². The molecule has 108 valence electrons. The quantitative estimate of drug-likeness (QED) is 0.839. The first-order valence-electron chi connectivity index (χ1n) is 6.44. The maximum absolute atomic E-state index is 11.8. The van der Waals surface area contributed by atoms with E-state index in [2.05, 4.69) is 0 Å². The second-order valence-corrected chi connectivity index (χ2v) is 4.77. The highest BCUT2D eigenvalue weighted by Crippen LogP contribution is 2.20. The summed E-state index contributed by atoms with van der Waals surface area (Å²) in [6, 6.07) is 6.84. The number of para-hydroxylation sites is 1. The van der Waals surface area contributed by atoms with Crippen LogP contribution in [0.15, 0.2) is 24.3 Å². The summed E-state index contributed by atoms with van der Waals surface area (Å²) in [7, 11) is 0. The number of rotatable bonds is 5. The van der Waals surface area contributed by atoms with Crippen molar-refractivity contribution in [1.82, 2.24) is 4.90 Å². The molecule has 0 spiro atoms. The van der Waals surface area contributed by atoms with Gasteiger partial charge in [0.15, 0.2) is 0 Å². The maximum Gasteiger partial charge on any atom is 0.303 e. The lowest BCUT2D eigenvalue weighted by Gasteiger charge is -2.32. The molecule has 0 bridgehead atoms. The molecule has 1 aliphatic heterocycles. The molecule has 1 atom stereocenters. The van der Waals surface area contributed by atoms with Crippen molar-refractivity contribution in [3.63, 3.8) is 0 Å². The lowest BCUT2D eigenvalue weighted by Crippen LogP contribution is -2.46. The highest BCUT2D eigenvalue weighted by molar-refractivity contribution is 5.78. The first-order chi connectivity index (χ1) is 9.56. The number of carbonyl (C=O) groups is 2. The van der Waals surface area contributed by atoms with Gasteiger partial charge in [-0.3, -0.25) is 9.59 Å². The van der Waals surface area contributed by atoms with Crippen LogP contribution < -0.4 is 0 Å². The molecule has 6 heteroatoms. The minimum atomic E-state index is -0.877. The number of ether oxygens (including phenoxy) is 1. The van der Waals surface area contributed by atoms with Crippen molar-refractivity contribution in [3.05, 3.63) is 29.8 Å². The number of carboxylic acids is 1. The van der Waals surface area contributed by atoms with E-state index in [4.69, 9.17) is 9.84 Å². The second-order valence-electron chi connectivity index (χ2n) is 4.77. The summed E-state index contributed by atoms with van der Waals surface area (Å²) < 4.78 is 5.32. The van der Waals surface area contributed by atoms with Crippen LogP contribution in [0.3, 0.4) is 0 Å². The number of hydrogen-bond donors (Lipinski definition) is 2. The summed E-state index contributed by atoms with van der Waals surface area (Å²) >= 11 is 0. The van der Waals surface area contributed by atoms with Crippen LogP contribution in [-0.2, 0) is 20.9 Å². The summed E-state index contributed by atoms with van der Waals surface area (Å²) in [5.74, 6) is -0.883. The molecule has 1 aromatic rings. The standard InChI is InChI=1S/C14H17NO5/c16-12-4-2-1-3-10(12)7-15-8-11(5-6-14(18)19)20-9-13(15)17/h1-4,11,16H,5-9H2,(H,18,19). The van der Waals surface area contributed by atoms with Gasteiger partial charge in [0, 0.05) is 25.1 Å². The van der Waals surface area contributed by atoms with Crippen molar-refractivity contribution < 1.29 is 24.5 Å². The molecule has 0 aliphatic carbocycles. The molecule has 20 heavy (non-hydrogen) atoms. The summed E-state index contributed by atoms with van der Waals surface area (Å²) in [5.41, 5.74) is 0.666. The largest absolute Gasteiger partial charge is 0.508 e. The molecule has 1 saturated heterocycles. The number of phenolic OH excluding ortho intramolecular Hbond substituents is 1. The molecule has 2 N–H and O–H groups in total. The summed E-state index contributed by atoms with van der Waals surface area (Å²) in [6.45, 7) is 0.608. The van der Waals surface area contributed by atoms with Crippen LogP contribution in [0.5, 0.6) is 5.75 Å². The zero-order valence-electron chi connectivity index (χ0n) is 11.0. The van der Waals surface area contributed by atoms with Gasteiger partial charge in [-0.2, -0.15) is 0 Å². The number of amides is 1. The first-order valence-corrected chi connectivity index (χ1v) is 6.44. The lowest BCUT2D eigenvalue weighted by molar-refractivity contribution is -0.151. The van der Waals surface area contributed by atoms with Gasteiger partial charge in [-0.1, -0.05) is 18.2 Å². The Hall–Kier alpha value is -2.08. The van der Waals surface area contributed by atoms with E-state index < -0.39 is 5.97 Å². The average Bonchev–Trinajstić information content (AvgIpc) is 2.42. The van der Waals surface area contributed by atoms with Crippen LogP contribution in [-0.4, -0.2) is 46.2 Å². The third kappa shape index (κ3) is 3.71. The van der Waals surface area contributed by atoms with E-state index in [0.29, 0.717) is 25.1 Å². The van der Waals surface area contributed by atoms with Gasteiger partial charge in [0.1, 0.15) is 12.4 Å². The molecule has 1 heterocycles. The maximum atomic E-state index is 11.8. The van der Waals surface area contributed by atoms with E-state index in [1.165, 1.54) is 0 Å². The summed E-state index contributed by atoms with van der Waals surface area (Å²) in [6.07, 6.45) is 0.123. The monoisotopic (exact) mass is 279 g/mol. The Bertz CT molecular complexity index is 502. The number of carbonyl (C=O) groups excluding carboxylic acids is 1. The normalized spacial score (nSPS) is 19.1. The van der Waals surface area contributed by atoms with Crippen LogP contribution in [0, 0.1) is 0 Å². The highest BCUT2D eigenvalue weighted by Gasteiger charge is 2.27. The molecular weight excluding hydrogens is 262 g/mol. The third-order valence-electron chi connectivity index (χ3n) is 3.25. The number of benzene rings is 1. The van der Waals surface area contributed by atoms with Crippen LogP contribution in [0.25, 0.3) is 0 Å². The van der Waals surface area contributed by atoms with E-state index in [9.17, 15) is 14.7 Å². The van der Waals surface area contributed by atoms with E-state index in [1.54, 1.807) is 29.2 Å². The predicted molar refractivity (Wildman–Crippen MR) is 70.1 cm³/mol. The first kappa shape index (κ1) is 14.3. The Morgan fingerprint density at radius 2 is 2.15 bits per heavy atom. The molecule has 0 aromatic heterocycles. The summed E-state index contributed by atoms with van der Waals surface area (Å²) in [5, 5.41) is 18.4. The van der Waals surface area contributed by atoms with Crippen molar-refractivity contribution in [2.24, 2.45) is 0 Å². The number of carboxylic acid groups (broad SMARTS) is 1. The Morgan fingerprint density at radius 3 is 2.85 bits per heavy atom. The minimum absolute atomic E-state index is 0.0171. The molecule has 0 saturated carbocycles. The van der Waals surface area contributed by atoms with Crippen molar-refractivity contribution in [3.8, 4) is 5.75 Å². The van der Waals surface area contributed by atoms with Crippen molar-refractivity contribution in [1.29, 1.82) is 0 Å².